The molecule has 0 aliphatic carbocycles. The van der Waals surface area contributed by atoms with Crippen molar-refractivity contribution < 1.29 is 27.7 Å². The van der Waals surface area contributed by atoms with Crippen LogP contribution >= 0.6 is 0 Å². The number of quaternary nitrogens is 1. The molecule has 6 nitrogen and oxygen atoms in total. The Morgan fingerprint density at radius 2 is 1.57 bits per heavy atom. The van der Waals surface area contributed by atoms with E-state index in [1.807, 2.05) is 6.07 Å². The molecule has 9 heteroatoms. The highest BCUT2D eigenvalue weighted by atomic mass is 19.4. The number of carbonyl (C=O) groups is 2. The lowest BCUT2D eigenvalue weighted by Crippen LogP contribution is -3.11. The third kappa shape index (κ3) is 6.10. The van der Waals surface area contributed by atoms with E-state index in [4.69, 9.17) is 5.26 Å². The van der Waals surface area contributed by atoms with E-state index in [2.05, 4.69) is 10.6 Å². The van der Waals surface area contributed by atoms with Crippen LogP contribution in [0.15, 0.2) is 48.5 Å². The van der Waals surface area contributed by atoms with Gasteiger partial charge >= 0.3 is 6.18 Å². The number of alkyl halides is 3. The summed E-state index contributed by atoms with van der Waals surface area (Å²) < 4.78 is 38.9. The fraction of sp³-hybridized carbons (Fsp3) is 0.211. The molecule has 146 valence electrons. The molecule has 3 N–H and O–H groups in total. The van der Waals surface area contributed by atoms with Crippen molar-refractivity contribution in [3.8, 4) is 6.07 Å². The molecule has 2 aromatic carbocycles. The zero-order chi connectivity index (χ0) is 20.7. The van der Waals surface area contributed by atoms with Gasteiger partial charge in [-0.15, -0.1) is 0 Å². The SMILES string of the molecule is C[NH+](CC(=O)Nc1ccc(C#N)cc1)CC(=O)Nc1ccccc1C(F)(F)F. The molecule has 0 radical (unpaired) electrons. The van der Waals surface area contributed by atoms with Gasteiger partial charge in [0.15, 0.2) is 13.1 Å². The highest BCUT2D eigenvalue weighted by molar-refractivity contribution is 5.93. The third-order valence-electron chi connectivity index (χ3n) is 3.73. The molecular formula is C19H18F3N4O2+. The summed E-state index contributed by atoms with van der Waals surface area (Å²) in [5.41, 5.74) is -0.300. The minimum absolute atomic E-state index is 0.0612. The summed E-state index contributed by atoms with van der Waals surface area (Å²) in [6, 6.07) is 12.9. The molecule has 1 unspecified atom stereocenters. The number of nitriles is 1. The molecule has 2 rings (SSSR count). The molecule has 2 amide bonds. The smallest absolute Gasteiger partial charge is 0.322 e. The minimum Gasteiger partial charge on any atom is -0.322 e. The number of para-hydroxylation sites is 1. The molecule has 0 aromatic heterocycles. The highest BCUT2D eigenvalue weighted by Gasteiger charge is 2.33. The maximum Gasteiger partial charge on any atom is 0.418 e. The van der Waals surface area contributed by atoms with Crippen molar-refractivity contribution in [2.45, 2.75) is 6.18 Å². The summed E-state index contributed by atoms with van der Waals surface area (Å²) in [7, 11) is 1.58. The van der Waals surface area contributed by atoms with Crippen molar-refractivity contribution >= 4 is 23.2 Å². The second-order valence-corrected chi connectivity index (χ2v) is 6.14. The Kier molecular flexibility index (Phi) is 6.74. The Morgan fingerprint density at radius 1 is 1.00 bits per heavy atom. The zero-order valence-electron chi connectivity index (χ0n) is 14.9. The van der Waals surface area contributed by atoms with Gasteiger partial charge in [0.1, 0.15) is 0 Å². The van der Waals surface area contributed by atoms with E-state index in [1.54, 1.807) is 31.3 Å². The molecule has 0 saturated carbocycles. The first-order valence-corrected chi connectivity index (χ1v) is 8.26. The average molecular weight is 391 g/mol. The molecular weight excluding hydrogens is 373 g/mol. The van der Waals surface area contributed by atoms with Crippen LogP contribution in [0.1, 0.15) is 11.1 Å². The van der Waals surface area contributed by atoms with Crippen LogP contribution in [0.2, 0.25) is 0 Å². The molecule has 0 heterocycles. The molecule has 0 saturated heterocycles. The summed E-state index contributed by atoms with van der Waals surface area (Å²) in [5, 5.41) is 13.6. The number of benzene rings is 2. The number of anilines is 2. The van der Waals surface area contributed by atoms with Crippen LogP contribution in [-0.4, -0.2) is 32.0 Å². The molecule has 0 bridgehead atoms. The fourth-order valence-corrected chi connectivity index (χ4v) is 2.48. The van der Waals surface area contributed by atoms with Crippen LogP contribution < -0.4 is 15.5 Å². The second-order valence-electron chi connectivity index (χ2n) is 6.14. The van der Waals surface area contributed by atoms with E-state index in [9.17, 15) is 22.8 Å². The first kappa shape index (κ1) is 20.9. The van der Waals surface area contributed by atoms with Gasteiger partial charge in [-0.2, -0.15) is 18.4 Å². The van der Waals surface area contributed by atoms with Crippen LogP contribution in [0.4, 0.5) is 24.5 Å². The van der Waals surface area contributed by atoms with E-state index in [0.29, 0.717) is 16.2 Å². The highest BCUT2D eigenvalue weighted by Crippen LogP contribution is 2.34. The predicted octanol–water partition coefficient (Wildman–Crippen LogP) is 1.67. The molecule has 0 spiro atoms. The Labute approximate surface area is 159 Å². The lowest BCUT2D eigenvalue weighted by molar-refractivity contribution is -0.862. The lowest BCUT2D eigenvalue weighted by atomic mass is 10.1. The van der Waals surface area contributed by atoms with Gasteiger partial charge in [-0.05, 0) is 36.4 Å². The summed E-state index contributed by atoms with van der Waals surface area (Å²) in [6.07, 6.45) is -4.58. The van der Waals surface area contributed by atoms with Gasteiger partial charge in [-0.25, -0.2) is 0 Å². The van der Waals surface area contributed by atoms with Gasteiger partial charge in [0.05, 0.1) is 29.9 Å². The van der Waals surface area contributed by atoms with Crippen LogP contribution in [-0.2, 0) is 15.8 Å². The van der Waals surface area contributed by atoms with Crippen LogP contribution in [0.25, 0.3) is 0 Å². The molecule has 2 aromatic rings. The third-order valence-corrected chi connectivity index (χ3v) is 3.73. The molecule has 0 fully saturated rings. The van der Waals surface area contributed by atoms with Gasteiger partial charge in [-0.1, -0.05) is 12.1 Å². The summed E-state index contributed by atoms with van der Waals surface area (Å²) in [4.78, 5) is 24.6. The molecule has 28 heavy (non-hydrogen) atoms. The van der Waals surface area contributed by atoms with Crippen molar-refractivity contribution in [1.82, 2.24) is 0 Å². The van der Waals surface area contributed by atoms with Crippen molar-refractivity contribution in [1.29, 1.82) is 5.26 Å². The van der Waals surface area contributed by atoms with Crippen LogP contribution in [0.3, 0.4) is 0 Å². The summed E-state index contributed by atoms with van der Waals surface area (Å²) in [5.74, 6) is -1.01. The molecule has 1 atom stereocenters. The van der Waals surface area contributed by atoms with Crippen molar-refractivity contribution in [3.05, 3.63) is 59.7 Å². The number of rotatable bonds is 6. The van der Waals surface area contributed by atoms with Gasteiger partial charge in [0.2, 0.25) is 0 Å². The van der Waals surface area contributed by atoms with Crippen LogP contribution in [0.5, 0.6) is 0 Å². The van der Waals surface area contributed by atoms with E-state index in [0.717, 1.165) is 6.07 Å². The van der Waals surface area contributed by atoms with Gasteiger partial charge in [0.25, 0.3) is 11.8 Å². The predicted molar refractivity (Wildman–Crippen MR) is 96.5 cm³/mol. The standard InChI is InChI=1S/C19H17F3N4O2/c1-26(11-17(27)24-14-8-6-13(10-23)7-9-14)12-18(28)25-16-5-3-2-4-15(16)19(20,21)22/h2-9H,11-12H2,1H3,(H,24,27)(H,25,28)/p+1. The monoisotopic (exact) mass is 391 g/mol. The maximum absolute atomic E-state index is 13.0. The quantitative estimate of drug-likeness (QED) is 0.700. The summed E-state index contributed by atoms with van der Waals surface area (Å²) in [6.45, 7) is -0.249. The van der Waals surface area contributed by atoms with Crippen molar-refractivity contribution in [2.24, 2.45) is 0 Å². The Hall–Kier alpha value is -3.38. The maximum atomic E-state index is 13.0. The summed E-state index contributed by atoms with van der Waals surface area (Å²) >= 11 is 0. The Morgan fingerprint density at radius 3 is 2.14 bits per heavy atom. The zero-order valence-corrected chi connectivity index (χ0v) is 14.9. The number of nitrogens with zero attached hydrogens (tertiary/aromatic N) is 1. The van der Waals surface area contributed by atoms with Gasteiger partial charge < -0.3 is 15.5 Å². The largest absolute Gasteiger partial charge is 0.418 e. The first-order chi connectivity index (χ1) is 13.2. The molecule has 0 aliphatic rings. The van der Waals surface area contributed by atoms with Gasteiger partial charge in [-0.3, -0.25) is 9.59 Å². The topological polar surface area (TPSA) is 86.4 Å². The number of amides is 2. The van der Waals surface area contributed by atoms with E-state index in [1.165, 1.54) is 18.2 Å². The number of carbonyl (C=O) groups excluding carboxylic acids is 2. The number of hydrogen-bond acceptors (Lipinski definition) is 3. The van der Waals surface area contributed by atoms with E-state index >= 15 is 0 Å². The number of likely N-dealkylation sites (N-methyl/N-ethyl adjacent to an activating group) is 1. The Balaban J connectivity index is 1.89. The Bertz CT molecular complexity index is 889. The minimum atomic E-state index is -4.58. The fourth-order valence-electron chi connectivity index (χ4n) is 2.48. The number of nitrogens with one attached hydrogen (secondary N) is 3. The van der Waals surface area contributed by atoms with Crippen molar-refractivity contribution in [3.63, 3.8) is 0 Å². The normalized spacial score (nSPS) is 12.0. The number of hydrogen-bond donors (Lipinski definition) is 3. The lowest BCUT2D eigenvalue weighted by Gasteiger charge is -2.16. The van der Waals surface area contributed by atoms with E-state index < -0.39 is 17.6 Å². The van der Waals surface area contributed by atoms with Crippen molar-refractivity contribution in [2.75, 3.05) is 30.8 Å². The second kappa shape index (κ2) is 9.01. The van der Waals surface area contributed by atoms with Crippen LogP contribution in [0, 0.1) is 11.3 Å². The first-order valence-electron chi connectivity index (χ1n) is 8.26. The number of halogens is 3. The average Bonchev–Trinajstić information content (AvgIpc) is 2.61. The molecule has 0 aliphatic heterocycles. The van der Waals surface area contributed by atoms with Gasteiger partial charge in [0, 0.05) is 5.69 Å². The van der Waals surface area contributed by atoms with E-state index in [-0.39, 0.29) is 24.7 Å².